The van der Waals surface area contributed by atoms with E-state index in [4.69, 9.17) is 5.11 Å². The molecule has 0 unspecified atom stereocenters. The zero-order chi connectivity index (χ0) is 15.0. The van der Waals surface area contributed by atoms with Gasteiger partial charge in [0.25, 0.3) is 5.91 Å². The molecule has 3 rings (SSSR count). The van der Waals surface area contributed by atoms with Gasteiger partial charge in [-0.3, -0.25) is 19.7 Å². The minimum absolute atomic E-state index is 0.0115. The molecule has 1 atom stereocenters. The third-order valence-corrected chi connectivity index (χ3v) is 4.91. The summed E-state index contributed by atoms with van der Waals surface area (Å²) in [6.45, 7) is 0. The quantitative estimate of drug-likeness (QED) is 0.903. The number of amides is 1. The summed E-state index contributed by atoms with van der Waals surface area (Å²) < 4.78 is 0. The Morgan fingerprint density at radius 1 is 1.38 bits per heavy atom. The molecule has 0 radical (unpaired) electrons. The maximum absolute atomic E-state index is 11.9. The number of carbonyl (C=O) groups excluding carboxylic acids is 2. The first-order valence-corrected chi connectivity index (χ1v) is 7.90. The molecule has 2 heterocycles. The minimum atomic E-state index is -0.995. The van der Waals surface area contributed by atoms with Crippen LogP contribution in [0.1, 0.15) is 32.1 Å². The molecule has 1 aliphatic rings. The highest BCUT2D eigenvalue weighted by atomic mass is 32.1. The molecule has 6 nitrogen and oxygen atoms in total. The summed E-state index contributed by atoms with van der Waals surface area (Å²) in [7, 11) is 0. The lowest BCUT2D eigenvalue weighted by Crippen LogP contribution is -2.25. The third kappa shape index (κ3) is 2.72. The number of thiazole rings is 1. The number of fused-ring (bicyclic) bond motifs is 1. The fraction of sp³-hybridized carbons (Fsp3) is 0.231. The summed E-state index contributed by atoms with van der Waals surface area (Å²) in [5.74, 6) is -2.24. The number of nitrogens with one attached hydrogen (secondary N) is 1. The second kappa shape index (κ2) is 5.38. The van der Waals surface area contributed by atoms with Gasteiger partial charge < -0.3 is 5.11 Å². The lowest BCUT2D eigenvalue weighted by Gasteiger charge is -2.15. The molecule has 108 valence electrons. The van der Waals surface area contributed by atoms with Crippen molar-refractivity contribution in [3.05, 3.63) is 33.0 Å². The summed E-state index contributed by atoms with van der Waals surface area (Å²) in [5, 5.41) is 15.5. The molecule has 2 aromatic rings. The molecule has 2 aromatic heterocycles. The fourth-order valence-electron chi connectivity index (χ4n) is 2.12. The van der Waals surface area contributed by atoms with Crippen LogP contribution < -0.4 is 5.32 Å². The van der Waals surface area contributed by atoms with E-state index in [0.717, 1.165) is 11.3 Å². The van der Waals surface area contributed by atoms with Crippen LogP contribution in [-0.2, 0) is 11.2 Å². The Bertz CT molecular complexity index is 721. The van der Waals surface area contributed by atoms with Crippen molar-refractivity contribution in [1.29, 1.82) is 0 Å². The van der Waals surface area contributed by atoms with Crippen LogP contribution >= 0.6 is 22.7 Å². The molecule has 1 aliphatic carbocycles. The summed E-state index contributed by atoms with van der Waals surface area (Å²) >= 11 is 2.51. The highest BCUT2D eigenvalue weighted by Gasteiger charge is 2.33. The van der Waals surface area contributed by atoms with Gasteiger partial charge in [-0.2, -0.15) is 11.3 Å². The van der Waals surface area contributed by atoms with Crippen LogP contribution in [0.25, 0.3) is 0 Å². The van der Waals surface area contributed by atoms with E-state index in [9.17, 15) is 14.4 Å². The number of anilines is 1. The molecule has 2 N–H and O–H groups in total. The largest absolute Gasteiger partial charge is 0.481 e. The zero-order valence-corrected chi connectivity index (χ0v) is 12.3. The van der Waals surface area contributed by atoms with Crippen molar-refractivity contribution < 1.29 is 19.5 Å². The molecule has 0 fully saturated rings. The van der Waals surface area contributed by atoms with Gasteiger partial charge in [-0.25, -0.2) is 4.98 Å². The number of hydrogen-bond donors (Lipinski definition) is 2. The number of carboxylic acids is 1. The average molecular weight is 322 g/mol. The number of Topliss-reactive ketones (excluding diaryl/α,β-unsaturated/α-hetero) is 1. The van der Waals surface area contributed by atoms with Crippen LogP contribution in [-0.4, -0.2) is 27.8 Å². The Labute approximate surface area is 127 Å². The van der Waals surface area contributed by atoms with Gasteiger partial charge in [0, 0.05) is 18.2 Å². The molecular formula is C13H10N2O4S2. The van der Waals surface area contributed by atoms with E-state index in [1.54, 1.807) is 16.8 Å². The Kier molecular flexibility index (Phi) is 3.56. The molecule has 8 heteroatoms. The van der Waals surface area contributed by atoms with Gasteiger partial charge in [0.2, 0.25) is 0 Å². The van der Waals surface area contributed by atoms with E-state index in [1.807, 2.05) is 0 Å². The SMILES string of the molecule is O=C(Nc1nc2c(s1)C(=O)C[C@H](C(=O)O)C2)c1ccsc1. The van der Waals surface area contributed by atoms with Gasteiger partial charge in [-0.1, -0.05) is 11.3 Å². The van der Waals surface area contributed by atoms with Gasteiger partial charge in [-0.05, 0) is 11.4 Å². The topological polar surface area (TPSA) is 96.4 Å². The first kappa shape index (κ1) is 13.9. The number of ketones is 1. The lowest BCUT2D eigenvalue weighted by molar-refractivity contribution is -0.141. The van der Waals surface area contributed by atoms with Crippen LogP contribution in [0.4, 0.5) is 5.13 Å². The lowest BCUT2D eigenvalue weighted by atomic mass is 9.90. The van der Waals surface area contributed by atoms with Crippen molar-refractivity contribution in [1.82, 2.24) is 4.98 Å². The van der Waals surface area contributed by atoms with Crippen molar-refractivity contribution in [2.45, 2.75) is 12.8 Å². The smallest absolute Gasteiger partial charge is 0.307 e. The number of carbonyl (C=O) groups is 3. The van der Waals surface area contributed by atoms with Crippen LogP contribution in [0, 0.1) is 5.92 Å². The minimum Gasteiger partial charge on any atom is -0.481 e. The summed E-state index contributed by atoms with van der Waals surface area (Å²) in [4.78, 5) is 39.5. The Morgan fingerprint density at radius 3 is 2.86 bits per heavy atom. The zero-order valence-electron chi connectivity index (χ0n) is 10.7. The molecule has 1 amide bonds. The normalized spacial score (nSPS) is 17.3. The highest BCUT2D eigenvalue weighted by molar-refractivity contribution is 7.17. The van der Waals surface area contributed by atoms with Crippen molar-refractivity contribution >= 4 is 45.5 Å². The summed E-state index contributed by atoms with van der Waals surface area (Å²) in [5.41, 5.74) is 0.993. The molecular weight excluding hydrogens is 312 g/mol. The van der Waals surface area contributed by atoms with E-state index in [-0.39, 0.29) is 24.5 Å². The predicted octanol–water partition coefficient (Wildman–Crippen LogP) is 2.29. The van der Waals surface area contributed by atoms with Gasteiger partial charge in [0.1, 0.15) is 0 Å². The van der Waals surface area contributed by atoms with Gasteiger partial charge in [-0.15, -0.1) is 0 Å². The number of carboxylic acid groups (broad SMARTS) is 1. The Hall–Kier alpha value is -2.06. The first-order chi connectivity index (χ1) is 10.0. The maximum Gasteiger partial charge on any atom is 0.307 e. The molecule has 0 saturated heterocycles. The maximum atomic E-state index is 11.9. The number of aliphatic carboxylic acids is 1. The van der Waals surface area contributed by atoms with Crippen molar-refractivity contribution in [2.24, 2.45) is 5.92 Å². The van der Waals surface area contributed by atoms with E-state index >= 15 is 0 Å². The van der Waals surface area contributed by atoms with Gasteiger partial charge in [0.05, 0.1) is 22.1 Å². The number of thiophene rings is 1. The van der Waals surface area contributed by atoms with Crippen molar-refractivity contribution in [3.8, 4) is 0 Å². The van der Waals surface area contributed by atoms with Crippen LogP contribution in [0.5, 0.6) is 0 Å². The third-order valence-electron chi connectivity index (χ3n) is 3.18. The standard InChI is InChI=1S/C13H10N2O4S2/c16-9-4-7(12(18)19)3-8-10(9)21-13(14-8)15-11(17)6-1-2-20-5-6/h1-2,5,7H,3-4H2,(H,18,19)(H,14,15,17)/t7-/m1/s1. The molecule has 0 aliphatic heterocycles. The van der Waals surface area contributed by atoms with E-state index in [1.165, 1.54) is 11.3 Å². The summed E-state index contributed by atoms with van der Waals surface area (Å²) in [6, 6.07) is 1.69. The van der Waals surface area contributed by atoms with E-state index in [0.29, 0.717) is 21.3 Å². The van der Waals surface area contributed by atoms with Crippen LogP contribution in [0.2, 0.25) is 0 Å². The molecule has 0 saturated carbocycles. The second-order valence-electron chi connectivity index (χ2n) is 4.63. The predicted molar refractivity (Wildman–Crippen MR) is 78.2 cm³/mol. The average Bonchev–Trinajstić information content (AvgIpc) is 3.06. The fourth-order valence-corrected chi connectivity index (χ4v) is 3.69. The van der Waals surface area contributed by atoms with E-state index in [2.05, 4.69) is 10.3 Å². The van der Waals surface area contributed by atoms with Gasteiger partial charge in [0.15, 0.2) is 10.9 Å². The van der Waals surface area contributed by atoms with Crippen LogP contribution in [0.3, 0.4) is 0 Å². The molecule has 0 aromatic carbocycles. The number of hydrogen-bond acceptors (Lipinski definition) is 6. The van der Waals surface area contributed by atoms with Crippen LogP contribution in [0.15, 0.2) is 16.8 Å². The highest BCUT2D eigenvalue weighted by Crippen LogP contribution is 2.32. The molecule has 0 bridgehead atoms. The van der Waals surface area contributed by atoms with Crippen molar-refractivity contribution in [2.75, 3.05) is 5.32 Å². The Balaban J connectivity index is 1.81. The van der Waals surface area contributed by atoms with Gasteiger partial charge >= 0.3 is 5.97 Å². The number of aromatic nitrogens is 1. The first-order valence-electron chi connectivity index (χ1n) is 6.14. The monoisotopic (exact) mass is 322 g/mol. The van der Waals surface area contributed by atoms with E-state index < -0.39 is 11.9 Å². The molecule has 0 spiro atoms. The number of nitrogens with zero attached hydrogens (tertiary/aromatic N) is 1. The summed E-state index contributed by atoms with van der Waals surface area (Å²) in [6.07, 6.45) is 0.212. The number of rotatable bonds is 3. The second-order valence-corrected chi connectivity index (χ2v) is 6.41. The molecule has 21 heavy (non-hydrogen) atoms. The Morgan fingerprint density at radius 2 is 2.19 bits per heavy atom. The van der Waals surface area contributed by atoms with Crippen molar-refractivity contribution in [3.63, 3.8) is 0 Å².